The average molecular weight is 1370 g/mol. The summed E-state index contributed by atoms with van der Waals surface area (Å²) in [6.07, 6.45) is 0.184. The Morgan fingerprint density at radius 1 is 0.327 bits per heavy atom. The summed E-state index contributed by atoms with van der Waals surface area (Å²) in [5.41, 5.74) is 16.0. The lowest BCUT2D eigenvalue weighted by atomic mass is 10.1. The van der Waals surface area contributed by atoms with E-state index in [0.717, 1.165) is 11.1 Å². The number of hydrogen-bond acceptors (Lipinski definition) is 28. The van der Waals surface area contributed by atoms with Crippen LogP contribution in [0.25, 0.3) is 0 Å². The van der Waals surface area contributed by atoms with Gasteiger partial charge in [-0.15, -0.1) is 0 Å². The Hall–Kier alpha value is -11.2. The number of nitro benzene ring substituents is 2. The normalized spacial score (nSPS) is 10.0. The van der Waals surface area contributed by atoms with Gasteiger partial charge in [0.1, 0.15) is 52.9 Å². The maximum Gasteiger partial charge on any atom is 0.338 e. The number of ether oxygens (including phenoxy) is 12. The molecule has 6 aromatic rings. The van der Waals surface area contributed by atoms with Crippen molar-refractivity contribution in [3.8, 4) is 0 Å². The van der Waals surface area contributed by atoms with Crippen molar-refractivity contribution in [1.29, 1.82) is 0 Å². The van der Waals surface area contributed by atoms with Crippen molar-refractivity contribution in [3.63, 3.8) is 0 Å². The van der Waals surface area contributed by atoms with E-state index in [1.807, 2.05) is 0 Å². The first-order valence-corrected chi connectivity index (χ1v) is 28.9. The van der Waals surface area contributed by atoms with E-state index in [0.29, 0.717) is 22.5 Å². The van der Waals surface area contributed by atoms with Gasteiger partial charge in [-0.25, -0.2) is 19.2 Å². The first kappa shape index (κ1) is 84.8. The van der Waals surface area contributed by atoms with Gasteiger partial charge in [-0.2, -0.15) is 0 Å². The van der Waals surface area contributed by atoms with Gasteiger partial charge in [0.15, 0.2) is 0 Å². The fourth-order valence-electron chi connectivity index (χ4n) is 7.47. The molecule has 0 spiro atoms. The van der Waals surface area contributed by atoms with E-state index in [9.17, 15) is 58.6 Å². The monoisotopic (exact) mass is 1370 g/mol. The van der Waals surface area contributed by atoms with Crippen molar-refractivity contribution in [2.45, 2.75) is 40.5 Å². The van der Waals surface area contributed by atoms with Crippen LogP contribution in [0.4, 0.5) is 22.7 Å². The molecule has 0 bridgehead atoms. The molecule has 0 aliphatic carbocycles. The average Bonchev–Trinajstić information content (AvgIpc) is 0.956. The van der Waals surface area contributed by atoms with Gasteiger partial charge < -0.3 is 79.6 Å². The Labute approximate surface area is 564 Å². The van der Waals surface area contributed by atoms with Crippen molar-refractivity contribution in [3.05, 3.63) is 210 Å². The molecule has 0 radical (unpaired) electrons. The topological polar surface area (TPSA) is 458 Å². The predicted octanol–water partition coefficient (Wildman–Crippen LogP) is 7.33. The molecule has 98 heavy (non-hydrogen) atoms. The molecule has 0 unspecified atom stereocenters. The van der Waals surface area contributed by atoms with E-state index < -0.39 is 45.7 Å². The molecule has 0 amide bonds. The third-order valence-electron chi connectivity index (χ3n) is 12.2. The molecule has 0 aliphatic heterocycles. The largest absolute Gasteiger partial charge is 0.483 e. The zero-order valence-corrected chi connectivity index (χ0v) is 52.0. The van der Waals surface area contributed by atoms with E-state index >= 15 is 0 Å². The number of nitrogen functional groups attached to an aromatic ring is 2. The summed E-state index contributed by atoms with van der Waals surface area (Å²) in [6.45, 7) is 0.585. The Balaban J connectivity index is 0.000000918. The minimum Gasteiger partial charge on any atom is -0.483 e. The summed E-state index contributed by atoms with van der Waals surface area (Å²) in [4.78, 5) is 125. The van der Waals surface area contributed by atoms with Gasteiger partial charge in [-0.05, 0) is 95.1 Å². The minimum absolute atomic E-state index is 0. The first-order chi connectivity index (χ1) is 45.8. The lowest BCUT2D eigenvalue weighted by Crippen LogP contribution is -2.16. The highest BCUT2D eigenvalue weighted by Gasteiger charge is 2.16. The van der Waals surface area contributed by atoms with Gasteiger partial charge in [0.05, 0.1) is 111 Å². The molecular weight excluding hydrogens is 1290 g/mol. The molecule has 0 aliphatic rings. The van der Waals surface area contributed by atoms with Gasteiger partial charge >= 0.3 is 47.8 Å². The van der Waals surface area contributed by atoms with Crippen molar-refractivity contribution in [2.24, 2.45) is 0 Å². The number of carbonyl (C=O) groups excluding carboxylic acids is 8. The van der Waals surface area contributed by atoms with E-state index in [4.69, 9.17) is 78.2 Å². The number of benzene rings is 6. The summed E-state index contributed by atoms with van der Waals surface area (Å²) < 4.78 is 62.1. The number of nitro groups is 2. The molecule has 31 nitrogen and oxygen atoms in total. The highest BCUT2D eigenvalue weighted by molar-refractivity contribution is 5.94. The second kappa shape index (κ2) is 49.3. The molecule has 530 valence electrons. The van der Waals surface area contributed by atoms with Crippen LogP contribution in [0.3, 0.4) is 0 Å². The fraction of sp³-hybridized carbons (Fsp3) is 0.328. The van der Waals surface area contributed by atoms with Crippen molar-refractivity contribution >= 4 is 77.0 Å². The highest BCUT2D eigenvalue weighted by Crippen LogP contribution is 2.16. The maximum absolute atomic E-state index is 12.2. The van der Waals surface area contributed by atoms with E-state index in [2.05, 4.69) is 0 Å². The summed E-state index contributed by atoms with van der Waals surface area (Å²) in [6, 6.07) is 36.5. The molecule has 6 rings (SSSR count). The number of carbonyl (C=O) groups is 9. The van der Waals surface area contributed by atoms with Gasteiger partial charge in [0, 0.05) is 35.6 Å². The second-order valence-corrected chi connectivity index (χ2v) is 19.2. The summed E-state index contributed by atoms with van der Waals surface area (Å²) in [7, 11) is 0. The Morgan fingerprint density at radius 3 is 0.684 bits per heavy atom. The van der Waals surface area contributed by atoms with Crippen LogP contribution < -0.4 is 17.6 Å². The van der Waals surface area contributed by atoms with Gasteiger partial charge in [-0.3, -0.25) is 44.2 Å². The molecule has 0 heterocycles. The molecule has 0 atom stereocenters. The van der Waals surface area contributed by atoms with Crippen LogP contribution in [-0.2, 0) is 106 Å². The van der Waals surface area contributed by atoms with Crippen LogP contribution in [0.2, 0.25) is 0 Å². The Kier molecular flexibility index (Phi) is 42.7. The number of rotatable bonds is 38. The lowest BCUT2D eigenvalue weighted by molar-refractivity contribution is -0.385. The standard InChI is InChI=1S/C32H32N2O14.C32H36N2O10.CH2O2.2CH4.H3N/c35-29(21-23-1-9-27(10-2-23)33(39)40)45-17-13-43-15-19-47-31(37)25-5-7-26(8-6-25)32(38)48-20-16-44-14-18-46-30(36)22-24-3-11-28(12-4-24)34(41)42;33-27-9-1-23(2-10-27)21-29(35)41-17-13-39-15-19-43-31(37)25-5-7-26(8-6-25)32(38)44-20-16-40-14-18-42-30(36)22-24-3-11-28(34)12-4-24;2-1-3;;;/h1-12H,13-22H2;1-12H,13-22,33-34H2;1H,(H,2,3);2*1H4;1H3. The molecule has 0 fully saturated rings. The number of non-ortho nitro benzene ring substituents is 2. The van der Waals surface area contributed by atoms with Crippen LogP contribution in [0.15, 0.2) is 146 Å². The third kappa shape index (κ3) is 35.9. The van der Waals surface area contributed by atoms with Gasteiger partial charge in [-0.1, -0.05) is 63.4 Å². The Morgan fingerprint density at radius 2 is 0.500 bits per heavy atom. The summed E-state index contributed by atoms with van der Waals surface area (Å²) in [5, 5.41) is 28.2. The Bertz CT molecular complexity index is 3170. The molecule has 0 aromatic heterocycles. The zero-order chi connectivity index (χ0) is 69.0. The SMILES string of the molecule is C.C.N.Nc1ccc(CC(=O)OCCOCCOC(=O)c2ccc(C(=O)OCCOCCOC(=O)Cc3ccc(N)cc3)cc2)cc1.O=C(Cc1ccc([N+](=O)[O-])cc1)OCCOCCOC(=O)c1ccc(C(=O)OCCOCCOC(=O)Cc2ccc([N+](=O)[O-])cc2)cc1.O=CO. The van der Waals surface area contributed by atoms with Crippen molar-refractivity contribution in [1.82, 2.24) is 6.15 Å². The van der Waals surface area contributed by atoms with Crippen molar-refractivity contribution < 1.29 is 115 Å². The molecule has 31 heteroatoms. The molecule has 0 saturated carbocycles. The van der Waals surface area contributed by atoms with Crippen molar-refractivity contribution in [2.75, 3.05) is 117 Å². The summed E-state index contributed by atoms with van der Waals surface area (Å²) >= 11 is 0. The predicted molar refractivity (Wildman–Crippen MR) is 351 cm³/mol. The third-order valence-corrected chi connectivity index (χ3v) is 12.2. The van der Waals surface area contributed by atoms with Crippen LogP contribution >= 0.6 is 0 Å². The number of esters is 8. The van der Waals surface area contributed by atoms with Crippen LogP contribution in [0, 0.1) is 20.2 Å². The van der Waals surface area contributed by atoms with E-state index in [-0.39, 0.29) is 204 Å². The lowest BCUT2D eigenvalue weighted by Gasteiger charge is -2.09. The number of nitrogens with two attached hydrogens (primary N) is 2. The van der Waals surface area contributed by atoms with E-state index in [1.54, 1.807) is 48.5 Å². The molecule has 0 saturated heterocycles. The minimum atomic E-state index is -0.630. The van der Waals surface area contributed by atoms with E-state index in [1.165, 1.54) is 97.1 Å². The maximum atomic E-state index is 12.2. The highest BCUT2D eigenvalue weighted by atomic mass is 16.6. The van der Waals surface area contributed by atoms with Gasteiger partial charge in [0.2, 0.25) is 0 Å². The molecule has 6 aromatic carbocycles. The quantitative estimate of drug-likeness (QED) is 0.00560. The first-order valence-electron chi connectivity index (χ1n) is 28.9. The number of nitrogens with zero attached hydrogens (tertiary/aromatic N) is 2. The smallest absolute Gasteiger partial charge is 0.338 e. The second-order valence-electron chi connectivity index (χ2n) is 19.2. The van der Waals surface area contributed by atoms with Crippen LogP contribution in [0.5, 0.6) is 0 Å². The number of carboxylic acid groups (broad SMARTS) is 1. The zero-order valence-electron chi connectivity index (χ0n) is 52.0. The van der Waals surface area contributed by atoms with Gasteiger partial charge in [0.25, 0.3) is 17.8 Å². The fourth-order valence-corrected chi connectivity index (χ4v) is 7.47. The summed E-state index contributed by atoms with van der Waals surface area (Å²) in [5.74, 6) is -4.22. The molecule has 8 N–H and O–H groups in total. The number of hydrogen-bond donors (Lipinski definition) is 4. The van der Waals surface area contributed by atoms with Crippen LogP contribution in [-0.4, -0.2) is 175 Å². The number of anilines is 2. The molecular formula is C67H81N5O26. The van der Waals surface area contributed by atoms with Crippen LogP contribution in [0.1, 0.15) is 78.5 Å².